The molecule has 2 aliphatic rings. The van der Waals surface area contributed by atoms with E-state index in [9.17, 15) is 0 Å². The van der Waals surface area contributed by atoms with E-state index in [4.69, 9.17) is 0 Å². The SMILES string of the molecule is Cc1cc(C)cc(N2CCN3c4ccccc4-c4ccccc4C23)c1. The Morgan fingerprint density at radius 2 is 1.36 bits per heavy atom. The van der Waals surface area contributed by atoms with Crippen LogP contribution >= 0.6 is 0 Å². The first kappa shape index (κ1) is 14.6. The number of anilines is 2. The lowest BCUT2D eigenvalue weighted by Crippen LogP contribution is -2.33. The van der Waals surface area contributed by atoms with E-state index >= 15 is 0 Å². The topological polar surface area (TPSA) is 6.48 Å². The minimum Gasteiger partial charge on any atom is -0.346 e. The van der Waals surface area contributed by atoms with E-state index in [1.54, 1.807) is 0 Å². The van der Waals surface area contributed by atoms with Gasteiger partial charge in [0.05, 0.1) is 0 Å². The second-order valence-electron chi connectivity index (χ2n) is 7.21. The van der Waals surface area contributed by atoms with Crippen molar-refractivity contribution in [1.82, 2.24) is 0 Å². The second kappa shape index (κ2) is 5.38. The Hall–Kier alpha value is -2.74. The Labute approximate surface area is 149 Å². The van der Waals surface area contributed by atoms with E-state index in [-0.39, 0.29) is 6.17 Å². The van der Waals surface area contributed by atoms with Crippen LogP contribution in [0.2, 0.25) is 0 Å². The van der Waals surface area contributed by atoms with Gasteiger partial charge in [-0.1, -0.05) is 48.5 Å². The monoisotopic (exact) mass is 326 g/mol. The third kappa shape index (κ3) is 2.17. The van der Waals surface area contributed by atoms with E-state index in [0.717, 1.165) is 13.1 Å². The molecule has 0 radical (unpaired) electrons. The minimum absolute atomic E-state index is 0.285. The van der Waals surface area contributed by atoms with E-state index in [0.29, 0.717) is 0 Å². The lowest BCUT2D eigenvalue weighted by Gasteiger charge is -2.39. The van der Waals surface area contributed by atoms with Crippen molar-refractivity contribution >= 4 is 11.4 Å². The van der Waals surface area contributed by atoms with E-state index < -0.39 is 0 Å². The molecule has 1 unspecified atom stereocenters. The van der Waals surface area contributed by atoms with Crippen LogP contribution in [-0.2, 0) is 0 Å². The van der Waals surface area contributed by atoms with Crippen molar-refractivity contribution in [3.05, 3.63) is 83.4 Å². The molecule has 3 aromatic rings. The molecule has 25 heavy (non-hydrogen) atoms. The van der Waals surface area contributed by atoms with Gasteiger partial charge in [-0.15, -0.1) is 0 Å². The summed E-state index contributed by atoms with van der Waals surface area (Å²) >= 11 is 0. The molecular weight excluding hydrogens is 304 g/mol. The van der Waals surface area contributed by atoms with Crippen molar-refractivity contribution < 1.29 is 0 Å². The summed E-state index contributed by atoms with van der Waals surface area (Å²) in [7, 11) is 0. The third-order valence-corrected chi connectivity index (χ3v) is 5.45. The lowest BCUT2D eigenvalue weighted by molar-refractivity contribution is 0.711. The van der Waals surface area contributed by atoms with Crippen LogP contribution in [0.3, 0.4) is 0 Å². The Kier molecular flexibility index (Phi) is 3.14. The summed E-state index contributed by atoms with van der Waals surface area (Å²) < 4.78 is 0. The van der Waals surface area contributed by atoms with Crippen molar-refractivity contribution in [2.45, 2.75) is 20.0 Å². The number of aryl methyl sites for hydroxylation is 2. The second-order valence-corrected chi connectivity index (χ2v) is 7.21. The first-order valence-corrected chi connectivity index (χ1v) is 9.02. The predicted octanol–water partition coefficient (Wildman–Crippen LogP) is 5.31. The molecule has 2 heteroatoms. The number of rotatable bonds is 1. The highest BCUT2D eigenvalue weighted by Gasteiger charge is 2.39. The van der Waals surface area contributed by atoms with Gasteiger partial charge in [0.25, 0.3) is 0 Å². The zero-order chi connectivity index (χ0) is 17.0. The largest absolute Gasteiger partial charge is 0.346 e. The Morgan fingerprint density at radius 3 is 2.16 bits per heavy atom. The maximum absolute atomic E-state index is 2.56. The molecule has 2 aliphatic heterocycles. The Balaban J connectivity index is 1.70. The molecule has 0 aliphatic carbocycles. The van der Waals surface area contributed by atoms with Gasteiger partial charge in [-0.3, -0.25) is 0 Å². The van der Waals surface area contributed by atoms with E-state index in [1.165, 1.54) is 39.2 Å². The molecule has 1 saturated heterocycles. The van der Waals surface area contributed by atoms with E-state index in [1.807, 2.05) is 0 Å². The standard InChI is InChI=1S/C23H22N2/c1-16-13-17(2)15-18(14-16)24-11-12-25-22-10-6-5-8-20(22)19-7-3-4-9-21(19)23(24)25/h3-10,13-15,23H,11-12H2,1-2H3. The number of nitrogens with zero attached hydrogens (tertiary/aromatic N) is 2. The number of hydrogen-bond acceptors (Lipinski definition) is 2. The van der Waals surface area contributed by atoms with Gasteiger partial charge in [-0.05, 0) is 48.7 Å². The maximum atomic E-state index is 2.56. The van der Waals surface area contributed by atoms with Crippen LogP contribution in [0.4, 0.5) is 11.4 Å². The molecule has 0 amide bonds. The number of hydrogen-bond donors (Lipinski definition) is 0. The van der Waals surface area contributed by atoms with Gasteiger partial charge in [0.2, 0.25) is 0 Å². The summed E-state index contributed by atoms with van der Waals surface area (Å²) in [5.74, 6) is 0. The van der Waals surface area contributed by atoms with Crippen molar-refractivity contribution in [3.63, 3.8) is 0 Å². The van der Waals surface area contributed by atoms with Crippen molar-refractivity contribution in [2.75, 3.05) is 22.9 Å². The zero-order valence-corrected chi connectivity index (χ0v) is 14.7. The molecule has 0 bridgehead atoms. The number of benzene rings is 3. The van der Waals surface area contributed by atoms with Crippen LogP contribution in [0.25, 0.3) is 11.1 Å². The summed E-state index contributed by atoms with van der Waals surface area (Å²) in [5.41, 5.74) is 9.50. The molecule has 1 fully saturated rings. The van der Waals surface area contributed by atoms with Gasteiger partial charge in [-0.2, -0.15) is 0 Å². The smallest absolute Gasteiger partial charge is 0.129 e. The Bertz CT molecular complexity index is 940. The maximum Gasteiger partial charge on any atom is 0.129 e. The summed E-state index contributed by atoms with van der Waals surface area (Å²) in [5, 5.41) is 0. The minimum atomic E-state index is 0.285. The summed E-state index contributed by atoms with van der Waals surface area (Å²) in [4.78, 5) is 5.13. The fourth-order valence-corrected chi connectivity index (χ4v) is 4.52. The molecule has 1 atom stereocenters. The van der Waals surface area contributed by atoms with Crippen molar-refractivity contribution in [2.24, 2.45) is 0 Å². The highest BCUT2D eigenvalue weighted by molar-refractivity contribution is 5.86. The quantitative estimate of drug-likeness (QED) is 0.598. The van der Waals surface area contributed by atoms with Crippen LogP contribution in [0.1, 0.15) is 22.9 Å². The van der Waals surface area contributed by atoms with Crippen LogP contribution in [0.15, 0.2) is 66.7 Å². The molecule has 124 valence electrons. The first-order chi connectivity index (χ1) is 12.2. The average Bonchev–Trinajstić information content (AvgIpc) is 3.07. The lowest BCUT2D eigenvalue weighted by atomic mass is 9.91. The molecular formula is C23H22N2. The first-order valence-electron chi connectivity index (χ1n) is 9.02. The van der Waals surface area contributed by atoms with Crippen LogP contribution < -0.4 is 9.80 Å². The van der Waals surface area contributed by atoms with Gasteiger partial charge in [0.15, 0.2) is 0 Å². The van der Waals surface area contributed by atoms with Crippen LogP contribution in [0.5, 0.6) is 0 Å². The third-order valence-electron chi connectivity index (χ3n) is 5.45. The predicted molar refractivity (Wildman–Crippen MR) is 105 cm³/mol. The zero-order valence-electron chi connectivity index (χ0n) is 14.7. The fraction of sp³-hybridized carbons (Fsp3) is 0.217. The van der Waals surface area contributed by atoms with Gasteiger partial charge in [0, 0.05) is 35.6 Å². The van der Waals surface area contributed by atoms with E-state index in [2.05, 4.69) is 90.4 Å². The average molecular weight is 326 g/mol. The highest BCUT2D eigenvalue weighted by atomic mass is 15.4. The summed E-state index contributed by atoms with van der Waals surface area (Å²) in [6.45, 7) is 6.49. The van der Waals surface area contributed by atoms with Crippen molar-refractivity contribution in [1.29, 1.82) is 0 Å². The van der Waals surface area contributed by atoms with Gasteiger partial charge in [-0.25, -0.2) is 0 Å². The van der Waals surface area contributed by atoms with Crippen LogP contribution in [0, 0.1) is 13.8 Å². The van der Waals surface area contributed by atoms with Crippen LogP contribution in [-0.4, -0.2) is 13.1 Å². The Morgan fingerprint density at radius 1 is 0.720 bits per heavy atom. The van der Waals surface area contributed by atoms with Crippen molar-refractivity contribution in [3.8, 4) is 11.1 Å². The molecule has 3 aromatic carbocycles. The molecule has 2 heterocycles. The normalized spacial score (nSPS) is 17.9. The molecule has 0 spiro atoms. The summed E-state index contributed by atoms with van der Waals surface area (Å²) in [6, 6.07) is 24.6. The van der Waals surface area contributed by atoms with Gasteiger partial charge >= 0.3 is 0 Å². The fourth-order valence-electron chi connectivity index (χ4n) is 4.52. The molecule has 5 rings (SSSR count). The van der Waals surface area contributed by atoms with Gasteiger partial charge < -0.3 is 9.80 Å². The number of fused-ring (bicyclic) bond motifs is 6. The molecule has 0 aromatic heterocycles. The molecule has 0 saturated carbocycles. The highest BCUT2D eigenvalue weighted by Crippen LogP contribution is 2.48. The summed E-state index contributed by atoms with van der Waals surface area (Å²) in [6.07, 6.45) is 0.285. The molecule has 0 N–H and O–H groups in total. The molecule has 2 nitrogen and oxygen atoms in total. The number of para-hydroxylation sites is 1. The van der Waals surface area contributed by atoms with Gasteiger partial charge in [0.1, 0.15) is 6.17 Å².